The smallest absolute Gasteiger partial charge is 0.339 e. The Morgan fingerprint density at radius 2 is 2.21 bits per heavy atom. The minimum absolute atomic E-state index is 0.117. The quantitative estimate of drug-likeness (QED) is 0.749. The van der Waals surface area contributed by atoms with Gasteiger partial charge in [0.05, 0.1) is 18.0 Å². The first kappa shape index (κ1) is 15.0. The Kier molecular flexibility index (Phi) is 4.92. The summed E-state index contributed by atoms with van der Waals surface area (Å²) in [5, 5.41) is 9.03. The highest BCUT2D eigenvalue weighted by molar-refractivity contribution is 7.89. The molecule has 1 rings (SSSR count). The van der Waals surface area contributed by atoms with Gasteiger partial charge in [-0.25, -0.2) is 13.2 Å². The zero-order valence-electron chi connectivity index (χ0n) is 10.2. The molecule has 1 aromatic carbocycles. The molecular weight excluding hydrogens is 270 g/mol. The molecule has 0 unspecified atom stereocenters. The average Bonchev–Trinajstić information content (AvgIpc) is 2.37. The molecule has 7 heteroatoms. The van der Waals surface area contributed by atoms with Gasteiger partial charge in [-0.15, -0.1) is 6.42 Å². The highest BCUT2D eigenvalue weighted by Gasteiger charge is 2.19. The lowest BCUT2D eigenvalue weighted by Gasteiger charge is -2.09. The molecule has 0 heterocycles. The number of carbonyl (C=O) groups is 1. The zero-order chi connectivity index (χ0) is 14.5. The molecule has 1 aromatic rings. The Balaban J connectivity index is 3.23. The largest absolute Gasteiger partial charge is 0.493 e. The maximum absolute atomic E-state index is 11.8. The number of hydrogen-bond donors (Lipinski definition) is 2. The van der Waals surface area contributed by atoms with E-state index >= 15 is 0 Å². The number of rotatable bonds is 6. The third-order valence-corrected chi connectivity index (χ3v) is 3.55. The number of benzene rings is 1. The van der Waals surface area contributed by atoms with Crippen molar-refractivity contribution in [2.75, 3.05) is 13.2 Å². The lowest BCUT2D eigenvalue weighted by molar-refractivity contribution is 0.0692. The molecule has 0 spiro atoms. The van der Waals surface area contributed by atoms with Gasteiger partial charge in [0.15, 0.2) is 0 Å². The van der Waals surface area contributed by atoms with Gasteiger partial charge in [-0.2, -0.15) is 4.72 Å². The molecule has 0 aliphatic heterocycles. The van der Waals surface area contributed by atoms with Crippen molar-refractivity contribution in [2.24, 2.45) is 0 Å². The minimum atomic E-state index is -3.82. The van der Waals surface area contributed by atoms with Gasteiger partial charge in [0.25, 0.3) is 0 Å². The van der Waals surface area contributed by atoms with Crippen LogP contribution in [0.25, 0.3) is 0 Å². The lowest BCUT2D eigenvalue weighted by atomic mass is 10.2. The van der Waals surface area contributed by atoms with Crippen LogP contribution in [0, 0.1) is 12.3 Å². The summed E-state index contributed by atoms with van der Waals surface area (Å²) in [4.78, 5) is 10.9. The molecule has 0 amide bonds. The lowest BCUT2D eigenvalue weighted by Crippen LogP contribution is -2.24. The number of carboxylic acids is 1. The molecule has 0 bridgehead atoms. The fourth-order valence-electron chi connectivity index (χ4n) is 1.34. The number of ether oxygens (including phenoxy) is 1. The first-order chi connectivity index (χ1) is 8.92. The van der Waals surface area contributed by atoms with Crippen molar-refractivity contribution in [1.82, 2.24) is 4.72 Å². The summed E-state index contributed by atoms with van der Waals surface area (Å²) in [5.74, 6) is 0.982. The Morgan fingerprint density at radius 1 is 1.53 bits per heavy atom. The van der Waals surface area contributed by atoms with Crippen molar-refractivity contribution in [3.63, 3.8) is 0 Å². The van der Waals surface area contributed by atoms with Gasteiger partial charge >= 0.3 is 5.97 Å². The van der Waals surface area contributed by atoms with E-state index in [0.717, 1.165) is 6.07 Å². The van der Waals surface area contributed by atoms with Crippen LogP contribution in [0.5, 0.6) is 5.75 Å². The number of terminal acetylenes is 1. The molecule has 0 radical (unpaired) electrons. The van der Waals surface area contributed by atoms with Crippen molar-refractivity contribution in [3.05, 3.63) is 23.8 Å². The van der Waals surface area contributed by atoms with E-state index < -0.39 is 16.0 Å². The topological polar surface area (TPSA) is 92.7 Å². The van der Waals surface area contributed by atoms with Gasteiger partial charge in [0.2, 0.25) is 10.0 Å². The van der Waals surface area contributed by atoms with Crippen molar-refractivity contribution < 1.29 is 23.1 Å². The van der Waals surface area contributed by atoms with Crippen molar-refractivity contribution in [3.8, 4) is 18.1 Å². The van der Waals surface area contributed by atoms with Crippen molar-refractivity contribution in [1.29, 1.82) is 0 Å². The average molecular weight is 283 g/mol. The number of carboxylic acid groups (broad SMARTS) is 1. The van der Waals surface area contributed by atoms with Gasteiger partial charge in [0, 0.05) is 0 Å². The molecule has 2 N–H and O–H groups in total. The Bertz CT molecular complexity index is 615. The van der Waals surface area contributed by atoms with E-state index in [1.807, 2.05) is 0 Å². The molecule has 0 atom stereocenters. The van der Waals surface area contributed by atoms with Gasteiger partial charge in [-0.05, 0) is 25.1 Å². The summed E-state index contributed by atoms with van der Waals surface area (Å²) in [6.07, 6.45) is 4.96. The van der Waals surface area contributed by atoms with Gasteiger partial charge in [-0.3, -0.25) is 0 Å². The molecule has 19 heavy (non-hydrogen) atoms. The second kappa shape index (κ2) is 6.22. The third-order valence-electron chi connectivity index (χ3n) is 2.16. The Morgan fingerprint density at radius 3 is 2.74 bits per heavy atom. The van der Waals surface area contributed by atoms with Crippen LogP contribution < -0.4 is 9.46 Å². The number of aromatic carboxylic acids is 1. The van der Waals surface area contributed by atoms with Crippen molar-refractivity contribution in [2.45, 2.75) is 11.8 Å². The van der Waals surface area contributed by atoms with Gasteiger partial charge < -0.3 is 9.84 Å². The predicted molar refractivity (Wildman–Crippen MR) is 68.6 cm³/mol. The predicted octanol–water partition coefficient (Wildman–Crippen LogP) is 0.695. The van der Waals surface area contributed by atoms with E-state index in [1.165, 1.54) is 12.1 Å². The monoisotopic (exact) mass is 283 g/mol. The molecule has 0 saturated carbocycles. The van der Waals surface area contributed by atoms with E-state index in [0.29, 0.717) is 0 Å². The summed E-state index contributed by atoms with van der Waals surface area (Å²) in [6.45, 7) is 1.81. The van der Waals surface area contributed by atoms with Crippen LogP contribution in [-0.4, -0.2) is 32.6 Å². The molecule has 6 nitrogen and oxygen atoms in total. The van der Waals surface area contributed by atoms with E-state index in [4.69, 9.17) is 16.3 Å². The summed E-state index contributed by atoms with van der Waals surface area (Å²) in [6, 6.07) is 3.60. The van der Waals surface area contributed by atoms with Crippen LogP contribution in [0.15, 0.2) is 23.1 Å². The number of sulfonamides is 1. The fraction of sp³-hybridized carbons (Fsp3) is 0.250. The first-order valence-corrected chi connectivity index (χ1v) is 6.84. The Hall–Kier alpha value is -2.04. The molecule has 0 aliphatic carbocycles. The number of hydrogen-bond acceptors (Lipinski definition) is 4. The molecule has 0 aromatic heterocycles. The maximum Gasteiger partial charge on any atom is 0.339 e. The van der Waals surface area contributed by atoms with Gasteiger partial charge in [0.1, 0.15) is 11.3 Å². The zero-order valence-corrected chi connectivity index (χ0v) is 11.0. The Labute approximate surface area is 111 Å². The highest BCUT2D eigenvalue weighted by atomic mass is 32.2. The van der Waals surface area contributed by atoms with Crippen molar-refractivity contribution >= 4 is 16.0 Å². The molecular formula is C12H13NO5S. The summed E-state index contributed by atoms with van der Waals surface area (Å²) in [5.41, 5.74) is -0.217. The van der Waals surface area contributed by atoms with Crippen LogP contribution in [0.4, 0.5) is 0 Å². The van der Waals surface area contributed by atoms with Crippen LogP contribution in [-0.2, 0) is 10.0 Å². The second-order valence-electron chi connectivity index (χ2n) is 3.42. The van der Waals surface area contributed by atoms with Crippen LogP contribution in [0.3, 0.4) is 0 Å². The summed E-state index contributed by atoms with van der Waals surface area (Å²) >= 11 is 0. The first-order valence-electron chi connectivity index (χ1n) is 5.35. The van der Waals surface area contributed by atoms with E-state index in [2.05, 4.69) is 10.6 Å². The van der Waals surface area contributed by atoms with Crippen LogP contribution in [0.2, 0.25) is 0 Å². The van der Waals surface area contributed by atoms with Crippen LogP contribution >= 0.6 is 0 Å². The maximum atomic E-state index is 11.8. The molecule has 0 fully saturated rings. The minimum Gasteiger partial charge on any atom is -0.493 e. The summed E-state index contributed by atoms with van der Waals surface area (Å²) < 4.78 is 30.9. The molecule has 0 saturated heterocycles. The third kappa shape index (κ3) is 3.71. The molecule has 102 valence electrons. The fourth-order valence-corrected chi connectivity index (χ4v) is 2.30. The van der Waals surface area contributed by atoms with Gasteiger partial charge in [-0.1, -0.05) is 5.92 Å². The number of nitrogens with one attached hydrogen (secondary N) is 1. The summed E-state index contributed by atoms with van der Waals surface area (Å²) in [7, 11) is -3.82. The normalized spacial score (nSPS) is 10.7. The van der Waals surface area contributed by atoms with E-state index in [9.17, 15) is 13.2 Å². The molecule has 0 aliphatic rings. The highest BCUT2D eigenvalue weighted by Crippen LogP contribution is 2.22. The van der Waals surface area contributed by atoms with Crippen LogP contribution in [0.1, 0.15) is 17.3 Å². The second-order valence-corrected chi connectivity index (χ2v) is 5.19. The van der Waals surface area contributed by atoms with E-state index in [1.54, 1.807) is 6.92 Å². The standard InChI is InChI=1S/C12H13NO5S/c1-3-7-13-19(16,17)9-5-6-11(18-4-2)10(8-9)12(14)15/h1,5-6,8,13H,4,7H2,2H3,(H,14,15). The van der Waals surface area contributed by atoms with E-state index in [-0.39, 0.29) is 29.4 Å². The SMILES string of the molecule is C#CCNS(=O)(=O)c1ccc(OCC)c(C(=O)O)c1.